The fraction of sp³-hybridized carbons (Fsp3) is 0.385. The van der Waals surface area contributed by atoms with Gasteiger partial charge in [0.2, 0.25) is 0 Å². The molecular formula is C13H16N4O. The summed E-state index contributed by atoms with van der Waals surface area (Å²) in [6.07, 6.45) is 7.70. The van der Waals surface area contributed by atoms with E-state index in [1.807, 2.05) is 24.7 Å². The van der Waals surface area contributed by atoms with Gasteiger partial charge in [-0.25, -0.2) is 4.98 Å². The van der Waals surface area contributed by atoms with Crippen molar-refractivity contribution in [1.82, 2.24) is 19.9 Å². The van der Waals surface area contributed by atoms with Crippen molar-refractivity contribution in [3.8, 4) is 0 Å². The quantitative estimate of drug-likeness (QED) is 0.870. The van der Waals surface area contributed by atoms with Crippen molar-refractivity contribution in [2.24, 2.45) is 0 Å². The van der Waals surface area contributed by atoms with Crippen molar-refractivity contribution in [2.75, 3.05) is 6.54 Å². The fourth-order valence-corrected chi connectivity index (χ4v) is 2.11. The molecule has 3 heterocycles. The molecule has 1 aliphatic rings. The van der Waals surface area contributed by atoms with E-state index in [2.05, 4.69) is 25.9 Å². The Balaban J connectivity index is 1.48. The van der Waals surface area contributed by atoms with Crippen LogP contribution in [0, 0.1) is 0 Å². The van der Waals surface area contributed by atoms with Crippen LogP contribution in [0.1, 0.15) is 11.4 Å². The lowest BCUT2D eigenvalue weighted by atomic mass is 10.2. The topological polar surface area (TPSA) is 52.0 Å². The van der Waals surface area contributed by atoms with E-state index in [9.17, 15) is 0 Å². The van der Waals surface area contributed by atoms with Crippen LogP contribution in [-0.4, -0.2) is 27.2 Å². The SMILES string of the molecule is c1cncc(CNC[C@H]2Cn3ccnc3CO2)c1. The number of hydrogen-bond acceptors (Lipinski definition) is 4. The fourth-order valence-electron chi connectivity index (χ4n) is 2.11. The van der Waals surface area contributed by atoms with E-state index < -0.39 is 0 Å². The predicted octanol–water partition coefficient (Wildman–Crippen LogP) is 0.967. The minimum Gasteiger partial charge on any atom is -0.367 e. The Labute approximate surface area is 106 Å². The molecule has 2 aromatic heterocycles. The molecule has 0 amide bonds. The minimum atomic E-state index is 0.211. The van der Waals surface area contributed by atoms with E-state index in [-0.39, 0.29) is 6.10 Å². The molecule has 0 saturated heterocycles. The monoisotopic (exact) mass is 244 g/mol. The van der Waals surface area contributed by atoms with Crippen molar-refractivity contribution in [3.05, 3.63) is 48.3 Å². The van der Waals surface area contributed by atoms with Gasteiger partial charge in [0.25, 0.3) is 0 Å². The van der Waals surface area contributed by atoms with Gasteiger partial charge in [0.15, 0.2) is 0 Å². The standard InChI is InChI=1S/C13H16N4O/c1-2-11(6-14-3-1)7-15-8-12-9-17-5-4-16-13(17)10-18-12/h1-6,12,15H,7-10H2/t12-/m0/s1. The van der Waals surface area contributed by atoms with Gasteiger partial charge in [-0.15, -0.1) is 0 Å². The molecule has 0 aliphatic carbocycles. The van der Waals surface area contributed by atoms with Crippen LogP contribution >= 0.6 is 0 Å². The van der Waals surface area contributed by atoms with Crippen molar-refractivity contribution in [1.29, 1.82) is 0 Å². The third-order valence-corrected chi connectivity index (χ3v) is 3.07. The molecule has 0 bridgehead atoms. The molecule has 0 spiro atoms. The highest BCUT2D eigenvalue weighted by atomic mass is 16.5. The maximum atomic E-state index is 5.74. The number of nitrogens with one attached hydrogen (secondary N) is 1. The zero-order chi connectivity index (χ0) is 12.2. The van der Waals surface area contributed by atoms with Crippen molar-refractivity contribution >= 4 is 0 Å². The van der Waals surface area contributed by atoms with Crippen LogP contribution in [0.15, 0.2) is 36.9 Å². The van der Waals surface area contributed by atoms with Crippen LogP contribution in [0.3, 0.4) is 0 Å². The number of hydrogen-bond donors (Lipinski definition) is 1. The van der Waals surface area contributed by atoms with Gasteiger partial charge in [-0.3, -0.25) is 4.98 Å². The van der Waals surface area contributed by atoms with Gasteiger partial charge in [-0.1, -0.05) is 6.07 Å². The number of aromatic nitrogens is 3. The molecule has 5 heteroatoms. The van der Waals surface area contributed by atoms with Crippen molar-refractivity contribution in [3.63, 3.8) is 0 Å². The van der Waals surface area contributed by atoms with E-state index >= 15 is 0 Å². The Hall–Kier alpha value is -1.72. The lowest BCUT2D eigenvalue weighted by Gasteiger charge is -2.24. The summed E-state index contributed by atoms with van der Waals surface area (Å²) in [5.41, 5.74) is 1.19. The van der Waals surface area contributed by atoms with Gasteiger partial charge in [-0.05, 0) is 11.6 Å². The summed E-state index contributed by atoms with van der Waals surface area (Å²) in [7, 11) is 0. The summed E-state index contributed by atoms with van der Waals surface area (Å²) < 4.78 is 7.89. The normalized spacial score (nSPS) is 18.6. The highest BCUT2D eigenvalue weighted by Gasteiger charge is 2.18. The molecule has 2 aromatic rings. The molecule has 5 nitrogen and oxygen atoms in total. The summed E-state index contributed by atoms with van der Waals surface area (Å²) in [5.74, 6) is 1.01. The minimum absolute atomic E-state index is 0.211. The molecule has 18 heavy (non-hydrogen) atoms. The lowest BCUT2D eigenvalue weighted by molar-refractivity contribution is 0.00277. The molecule has 3 rings (SSSR count). The first kappa shape index (κ1) is 11.4. The maximum Gasteiger partial charge on any atom is 0.134 e. The van der Waals surface area contributed by atoms with Gasteiger partial charge in [0.1, 0.15) is 12.4 Å². The van der Waals surface area contributed by atoms with Crippen LogP contribution in [0.5, 0.6) is 0 Å². The van der Waals surface area contributed by atoms with Crippen molar-refractivity contribution in [2.45, 2.75) is 25.8 Å². The van der Waals surface area contributed by atoms with Gasteiger partial charge >= 0.3 is 0 Å². The van der Waals surface area contributed by atoms with E-state index in [0.717, 1.165) is 25.5 Å². The summed E-state index contributed by atoms with van der Waals surface area (Å²) in [5, 5.41) is 3.40. The first-order valence-electron chi connectivity index (χ1n) is 6.13. The Morgan fingerprint density at radius 1 is 1.44 bits per heavy atom. The lowest BCUT2D eigenvalue weighted by Crippen LogP contribution is -2.35. The number of rotatable bonds is 4. The second-order valence-electron chi connectivity index (χ2n) is 4.42. The number of pyridine rings is 1. The molecule has 1 N–H and O–H groups in total. The van der Waals surface area contributed by atoms with Crippen LogP contribution in [0.2, 0.25) is 0 Å². The van der Waals surface area contributed by atoms with E-state index in [4.69, 9.17) is 4.74 Å². The summed E-state index contributed by atoms with van der Waals surface area (Å²) >= 11 is 0. The molecule has 0 aromatic carbocycles. The number of ether oxygens (including phenoxy) is 1. The predicted molar refractivity (Wildman–Crippen MR) is 66.7 cm³/mol. The summed E-state index contributed by atoms with van der Waals surface area (Å²) in [6.45, 7) is 3.14. The Kier molecular flexibility index (Phi) is 3.34. The molecule has 0 saturated carbocycles. The first-order chi connectivity index (χ1) is 8.92. The number of fused-ring (bicyclic) bond motifs is 1. The van der Waals surface area contributed by atoms with Crippen molar-refractivity contribution < 1.29 is 4.74 Å². The molecule has 0 radical (unpaired) electrons. The molecule has 0 unspecified atom stereocenters. The third kappa shape index (κ3) is 2.57. The zero-order valence-electron chi connectivity index (χ0n) is 10.1. The molecular weight excluding hydrogens is 228 g/mol. The average Bonchev–Trinajstić information content (AvgIpc) is 2.87. The van der Waals surface area contributed by atoms with Gasteiger partial charge in [-0.2, -0.15) is 0 Å². The smallest absolute Gasteiger partial charge is 0.134 e. The molecule has 1 atom stereocenters. The Morgan fingerprint density at radius 2 is 2.44 bits per heavy atom. The van der Waals surface area contributed by atoms with Gasteiger partial charge in [0.05, 0.1) is 12.6 Å². The summed E-state index contributed by atoms with van der Waals surface area (Å²) in [4.78, 5) is 8.32. The van der Waals surface area contributed by atoms with E-state index in [1.54, 1.807) is 6.20 Å². The molecule has 1 aliphatic heterocycles. The largest absolute Gasteiger partial charge is 0.367 e. The molecule has 94 valence electrons. The van der Waals surface area contributed by atoms with Crippen LogP contribution in [-0.2, 0) is 24.4 Å². The molecule has 0 fully saturated rings. The van der Waals surface area contributed by atoms with Crippen LogP contribution in [0.25, 0.3) is 0 Å². The second kappa shape index (κ2) is 5.29. The average molecular weight is 244 g/mol. The van der Waals surface area contributed by atoms with Gasteiger partial charge in [0, 0.05) is 37.9 Å². The second-order valence-corrected chi connectivity index (χ2v) is 4.42. The Bertz CT molecular complexity index is 497. The van der Waals surface area contributed by atoms with E-state index in [1.165, 1.54) is 5.56 Å². The zero-order valence-corrected chi connectivity index (χ0v) is 10.1. The van der Waals surface area contributed by atoms with E-state index in [0.29, 0.717) is 6.61 Å². The third-order valence-electron chi connectivity index (χ3n) is 3.07. The van der Waals surface area contributed by atoms with Gasteiger partial charge < -0.3 is 14.6 Å². The van der Waals surface area contributed by atoms with Crippen LogP contribution in [0.4, 0.5) is 0 Å². The summed E-state index contributed by atoms with van der Waals surface area (Å²) in [6, 6.07) is 4.02. The highest BCUT2D eigenvalue weighted by molar-refractivity contribution is 5.07. The maximum absolute atomic E-state index is 5.74. The number of nitrogens with zero attached hydrogens (tertiary/aromatic N) is 3. The number of imidazole rings is 1. The Morgan fingerprint density at radius 3 is 3.33 bits per heavy atom. The highest BCUT2D eigenvalue weighted by Crippen LogP contribution is 2.11. The van der Waals surface area contributed by atoms with Crippen LogP contribution < -0.4 is 5.32 Å². The first-order valence-corrected chi connectivity index (χ1v) is 6.13.